The monoisotopic (exact) mass is 353 g/mol. The molecule has 0 aliphatic carbocycles. The molecule has 2 unspecified atom stereocenters. The number of benzene rings is 1. The molecule has 2 saturated heterocycles. The summed E-state index contributed by atoms with van der Waals surface area (Å²) in [7, 11) is 0. The Balaban J connectivity index is 1.57. The third-order valence-corrected chi connectivity index (χ3v) is 5.01. The van der Waals surface area contributed by atoms with Crippen molar-refractivity contribution in [3.63, 3.8) is 0 Å². The number of ether oxygens (including phenoxy) is 1. The highest BCUT2D eigenvalue weighted by Crippen LogP contribution is 2.30. The number of nitrogens with zero attached hydrogens (tertiary/aromatic N) is 4. The number of para-hydroxylation sites is 1. The van der Waals surface area contributed by atoms with Crippen LogP contribution in [0.5, 0.6) is 0 Å². The number of piperazine rings is 1. The molecule has 2 aliphatic rings. The Morgan fingerprint density at radius 2 is 1.62 bits per heavy atom. The lowest BCUT2D eigenvalue weighted by Gasteiger charge is -2.35. The van der Waals surface area contributed by atoms with Gasteiger partial charge in [-0.3, -0.25) is 0 Å². The second-order valence-corrected chi connectivity index (χ2v) is 7.19. The summed E-state index contributed by atoms with van der Waals surface area (Å²) in [6, 6.07) is 8.54. The smallest absolute Gasteiger partial charge is 0.225 e. The molecule has 0 radical (unpaired) electrons. The molecule has 138 valence electrons. The van der Waals surface area contributed by atoms with Crippen molar-refractivity contribution in [3.05, 3.63) is 36.7 Å². The average Bonchev–Trinajstić information content (AvgIpc) is 2.68. The van der Waals surface area contributed by atoms with E-state index < -0.39 is 0 Å². The lowest BCUT2D eigenvalue weighted by Crippen LogP contribution is -2.46. The fraction of sp³-hybridized carbons (Fsp3) is 0.500. The fourth-order valence-electron chi connectivity index (χ4n) is 3.86. The molecular formula is C20H27N5O. The quantitative estimate of drug-likeness (QED) is 0.913. The molecule has 6 heteroatoms. The molecule has 0 saturated carbocycles. The van der Waals surface area contributed by atoms with Gasteiger partial charge < -0.3 is 19.9 Å². The van der Waals surface area contributed by atoms with Crippen LogP contribution in [0.3, 0.4) is 0 Å². The number of aromatic nitrogens is 2. The maximum atomic E-state index is 5.81. The van der Waals surface area contributed by atoms with Gasteiger partial charge in [0, 0.05) is 68.5 Å². The van der Waals surface area contributed by atoms with Gasteiger partial charge in [0.15, 0.2) is 0 Å². The summed E-state index contributed by atoms with van der Waals surface area (Å²) in [5, 5.41) is 3.41. The van der Waals surface area contributed by atoms with Crippen molar-refractivity contribution in [1.82, 2.24) is 15.3 Å². The first-order valence-corrected chi connectivity index (χ1v) is 9.48. The number of rotatable bonds is 3. The zero-order valence-electron chi connectivity index (χ0n) is 15.6. The van der Waals surface area contributed by atoms with Crippen LogP contribution >= 0.6 is 0 Å². The van der Waals surface area contributed by atoms with Crippen molar-refractivity contribution in [1.29, 1.82) is 0 Å². The Labute approximate surface area is 155 Å². The van der Waals surface area contributed by atoms with E-state index >= 15 is 0 Å². The molecule has 2 fully saturated rings. The Hall–Kier alpha value is -2.18. The van der Waals surface area contributed by atoms with Crippen molar-refractivity contribution >= 4 is 11.6 Å². The minimum absolute atomic E-state index is 0.204. The van der Waals surface area contributed by atoms with Crippen LogP contribution in [0.25, 0.3) is 11.1 Å². The van der Waals surface area contributed by atoms with Crippen molar-refractivity contribution < 1.29 is 4.74 Å². The van der Waals surface area contributed by atoms with Gasteiger partial charge in [0.05, 0.1) is 12.2 Å². The normalized spacial score (nSPS) is 23.9. The lowest BCUT2D eigenvalue weighted by molar-refractivity contribution is -0.00571. The molecule has 2 atom stereocenters. The summed E-state index contributed by atoms with van der Waals surface area (Å²) in [5.41, 5.74) is 3.53. The Bertz CT molecular complexity index is 719. The maximum Gasteiger partial charge on any atom is 0.225 e. The SMILES string of the molecule is CC1CN(c2ncc(-c3ccccc3N3CCNCC3)cn2)CC(C)O1. The molecule has 26 heavy (non-hydrogen) atoms. The second-order valence-electron chi connectivity index (χ2n) is 7.19. The van der Waals surface area contributed by atoms with Crippen LogP contribution in [0.15, 0.2) is 36.7 Å². The molecule has 0 amide bonds. The summed E-state index contributed by atoms with van der Waals surface area (Å²) in [5.74, 6) is 0.787. The fourth-order valence-corrected chi connectivity index (χ4v) is 3.86. The summed E-state index contributed by atoms with van der Waals surface area (Å²) in [4.78, 5) is 14.0. The zero-order chi connectivity index (χ0) is 17.9. The highest BCUT2D eigenvalue weighted by molar-refractivity contribution is 5.78. The zero-order valence-corrected chi connectivity index (χ0v) is 15.6. The van der Waals surface area contributed by atoms with Crippen LogP contribution in [0, 0.1) is 0 Å². The third kappa shape index (κ3) is 3.66. The molecule has 1 N–H and O–H groups in total. The van der Waals surface area contributed by atoms with Crippen LogP contribution in [0.2, 0.25) is 0 Å². The molecule has 6 nitrogen and oxygen atoms in total. The van der Waals surface area contributed by atoms with E-state index in [1.807, 2.05) is 12.4 Å². The molecule has 2 aliphatic heterocycles. The van der Waals surface area contributed by atoms with Gasteiger partial charge in [-0.1, -0.05) is 18.2 Å². The van der Waals surface area contributed by atoms with Crippen LogP contribution in [0.4, 0.5) is 11.6 Å². The highest BCUT2D eigenvalue weighted by atomic mass is 16.5. The number of hydrogen-bond acceptors (Lipinski definition) is 6. The van der Waals surface area contributed by atoms with E-state index in [2.05, 4.69) is 63.2 Å². The van der Waals surface area contributed by atoms with E-state index in [-0.39, 0.29) is 12.2 Å². The van der Waals surface area contributed by atoms with Gasteiger partial charge in [0.2, 0.25) is 5.95 Å². The van der Waals surface area contributed by atoms with Gasteiger partial charge >= 0.3 is 0 Å². The second kappa shape index (κ2) is 7.60. The van der Waals surface area contributed by atoms with Gasteiger partial charge in [-0.25, -0.2) is 9.97 Å². The van der Waals surface area contributed by atoms with Crippen LogP contribution in [-0.4, -0.2) is 61.4 Å². The van der Waals surface area contributed by atoms with Gasteiger partial charge in [0.1, 0.15) is 0 Å². The molecular weight excluding hydrogens is 326 g/mol. The van der Waals surface area contributed by atoms with Crippen LogP contribution in [0.1, 0.15) is 13.8 Å². The number of morpholine rings is 1. The van der Waals surface area contributed by atoms with Gasteiger partial charge in [0.25, 0.3) is 0 Å². The van der Waals surface area contributed by atoms with Crippen molar-refractivity contribution in [3.8, 4) is 11.1 Å². The van der Waals surface area contributed by atoms with E-state index in [9.17, 15) is 0 Å². The topological polar surface area (TPSA) is 53.5 Å². The standard InChI is InChI=1S/C20H27N5O/c1-15-13-25(14-16(2)26-15)20-22-11-17(12-23-20)18-5-3-4-6-19(18)24-9-7-21-8-10-24/h3-6,11-12,15-16,21H,7-10,13-14H2,1-2H3. The Morgan fingerprint density at radius 3 is 2.31 bits per heavy atom. The highest BCUT2D eigenvalue weighted by Gasteiger charge is 2.24. The summed E-state index contributed by atoms with van der Waals surface area (Å²) < 4.78 is 5.81. The van der Waals surface area contributed by atoms with E-state index in [4.69, 9.17) is 4.74 Å². The molecule has 4 rings (SSSR count). The Morgan fingerprint density at radius 1 is 0.962 bits per heavy atom. The first kappa shape index (κ1) is 17.2. The van der Waals surface area contributed by atoms with Crippen LogP contribution in [-0.2, 0) is 4.74 Å². The maximum absolute atomic E-state index is 5.81. The average molecular weight is 353 g/mol. The molecule has 1 aromatic carbocycles. The molecule has 0 spiro atoms. The molecule has 3 heterocycles. The summed E-state index contributed by atoms with van der Waals surface area (Å²) >= 11 is 0. The predicted molar refractivity (Wildman–Crippen MR) is 105 cm³/mol. The van der Waals surface area contributed by atoms with E-state index in [1.54, 1.807) is 0 Å². The largest absolute Gasteiger partial charge is 0.372 e. The van der Waals surface area contributed by atoms with Gasteiger partial charge in [-0.05, 0) is 19.9 Å². The first-order valence-electron chi connectivity index (χ1n) is 9.48. The van der Waals surface area contributed by atoms with E-state index in [0.29, 0.717) is 0 Å². The molecule has 2 aromatic rings. The van der Waals surface area contributed by atoms with Crippen molar-refractivity contribution in [2.75, 3.05) is 49.1 Å². The van der Waals surface area contributed by atoms with E-state index in [1.165, 1.54) is 11.3 Å². The molecule has 1 aromatic heterocycles. The minimum atomic E-state index is 0.204. The van der Waals surface area contributed by atoms with E-state index in [0.717, 1.165) is 50.8 Å². The number of anilines is 2. The first-order chi connectivity index (χ1) is 12.7. The van der Waals surface area contributed by atoms with Crippen LogP contribution < -0.4 is 15.1 Å². The minimum Gasteiger partial charge on any atom is -0.372 e. The van der Waals surface area contributed by atoms with Crippen molar-refractivity contribution in [2.45, 2.75) is 26.1 Å². The van der Waals surface area contributed by atoms with Gasteiger partial charge in [-0.15, -0.1) is 0 Å². The lowest BCUT2D eigenvalue weighted by atomic mass is 10.1. The molecule has 0 bridgehead atoms. The summed E-state index contributed by atoms with van der Waals surface area (Å²) in [6.45, 7) is 9.97. The van der Waals surface area contributed by atoms with Crippen molar-refractivity contribution in [2.24, 2.45) is 0 Å². The number of nitrogens with one attached hydrogen (secondary N) is 1. The van der Waals surface area contributed by atoms with Gasteiger partial charge in [-0.2, -0.15) is 0 Å². The summed E-state index contributed by atoms with van der Waals surface area (Å²) in [6.07, 6.45) is 4.31. The number of hydrogen-bond donors (Lipinski definition) is 1. The predicted octanol–water partition coefficient (Wildman–Crippen LogP) is 2.17. The third-order valence-electron chi connectivity index (χ3n) is 5.01. The Kier molecular flexibility index (Phi) is 5.04.